The minimum atomic E-state index is -0.456. The van der Waals surface area contributed by atoms with Crippen LogP contribution in [0.25, 0.3) is 5.69 Å². The van der Waals surface area contributed by atoms with Crippen molar-refractivity contribution < 1.29 is 14.3 Å². The molecule has 7 heteroatoms. The van der Waals surface area contributed by atoms with E-state index in [-0.39, 0.29) is 6.61 Å². The molecule has 144 valence electrons. The van der Waals surface area contributed by atoms with Crippen LogP contribution < -0.4 is 15.6 Å². The Balaban J connectivity index is 1.56. The maximum atomic E-state index is 12.4. The molecule has 0 unspecified atom stereocenters. The lowest BCUT2D eigenvalue weighted by molar-refractivity contribution is -0.123. The molecule has 7 nitrogen and oxygen atoms in total. The average Bonchev–Trinajstić information content (AvgIpc) is 3.09. The number of hydrogen-bond acceptors (Lipinski definition) is 4. The SMILES string of the molecule is Cc1ccc(C)c(OCC(=O)NNC(=O)c2cnn(-c3ccccc3)c2C)c1. The Morgan fingerprint density at radius 2 is 1.79 bits per heavy atom. The van der Waals surface area contributed by atoms with Gasteiger partial charge in [-0.25, -0.2) is 4.68 Å². The average molecular weight is 378 g/mol. The van der Waals surface area contributed by atoms with Crippen molar-refractivity contribution in [1.82, 2.24) is 20.6 Å². The van der Waals surface area contributed by atoms with E-state index >= 15 is 0 Å². The molecule has 0 radical (unpaired) electrons. The first-order valence-corrected chi connectivity index (χ1v) is 8.85. The Kier molecular flexibility index (Phi) is 5.74. The van der Waals surface area contributed by atoms with Crippen LogP contribution >= 0.6 is 0 Å². The molecule has 0 aliphatic rings. The van der Waals surface area contributed by atoms with Crippen LogP contribution in [-0.2, 0) is 4.79 Å². The third-order valence-electron chi connectivity index (χ3n) is 4.27. The minimum Gasteiger partial charge on any atom is -0.483 e. The van der Waals surface area contributed by atoms with Gasteiger partial charge in [0.1, 0.15) is 5.75 Å². The topological polar surface area (TPSA) is 85.2 Å². The highest BCUT2D eigenvalue weighted by Crippen LogP contribution is 2.18. The molecule has 0 saturated heterocycles. The highest BCUT2D eigenvalue weighted by Gasteiger charge is 2.16. The Labute approximate surface area is 163 Å². The molecule has 0 aliphatic heterocycles. The normalized spacial score (nSPS) is 10.4. The molecule has 3 rings (SSSR count). The molecule has 1 heterocycles. The maximum absolute atomic E-state index is 12.4. The molecular weight excluding hydrogens is 356 g/mol. The zero-order chi connectivity index (χ0) is 20.1. The van der Waals surface area contributed by atoms with Crippen molar-refractivity contribution in [2.75, 3.05) is 6.61 Å². The van der Waals surface area contributed by atoms with E-state index in [0.717, 1.165) is 16.8 Å². The summed E-state index contributed by atoms with van der Waals surface area (Å²) in [5, 5.41) is 4.25. The second kappa shape index (κ2) is 8.39. The third kappa shape index (κ3) is 4.37. The van der Waals surface area contributed by atoms with Crippen LogP contribution in [-0.4, -0.2) is 28.2 Å². The van der Waals surface area contributed by atoms with Crippen LogP contribution in [0.15, 0.2) is 54.7 Å². The molecule has 0 aliphatic carbocycles. The minimum absolute atomic E-state index is 0.202. The number of aryl methyl sites for hydroxylation is 2. The molecule has 28 heavy (non-hydrogen) atoms. The number of hydrogen-bond donors (Lipinski definition) is 2. The summed E-state index contributed by atoms with van der Waals surface area (Å²) in [5.41, 5.74) is 8.63. The molecule has 0 saturated carbocycles. The van der Waals surface area contributed by atoms with Gasteiger partial charge in [-0.1, -0.05) is 30.3 Å². The second-order valence-electron chi connectivity index (χ2n) is 6.45. The molecule has 0 atom stereocenters. The highest BCUT2D eigenvalue weighted by molar-refractivity contribution is 5.96. The summed E-state index contributed by atoms with van der Waals surface area (Å²) in [4.78, 5) is 24.4. The van der Waals surface area contributed by atoms with Gasteiger partial charge in [0.2, 0.25) is 0 Å². The smallest absolute Gasteiger partial charge is 0.276 e. The van der Waals surface area contributed by atoms with E-state index in [1.807, 2.05) is 62.4 Å². The fraction of sp³-hybridized carbons (Fsp3) is 0.190. The van der Waals surface area contributed by atoms with Crippen LogP contribution in [0.5, 0.6) is 5.75 Å². The second-order valence-corrected chi connectivity index (χ2v) is 6.45. The quantitative estimate of drug-likeness (QED) is 0.669. The lowest BCUT2D eigenvalue weighted by Gasteiger charge is -2.11. The molecular formula is C21H22N4O3. The molecule has 2 N–H and O–H groups in total. The third-order valence-corrected chi connectivity index (χ3v) is 4.27. The number of nitrogens with zero attached hydrogens (tertiary/aromatic N) is 2. The molecule has 2 amide bonds. The molecule has 3 aromatic rings. The molecule has 1 aromatic heterocycles. The van der Waals surface area contributed by atoms with E-state index in [1.54, 1.807) is 11.6 Å². The monoisotopic (exact) mass is 378 g/mol. The van der Waals surface area contributed by atoms with Crippen LogP contribution in [0.3, 0.4) is 0 Å². The van der Waals surface area contributed by atoms with Gasteiger partial charge in [-0.15, -0.1) is 0 Å². The highest BCUT2D eigenvalue weighted by atomic mass is 16.5. The fourth-order valence-electron chi connectivity index (χ4n) is 2.70. The van der Waals surface area contributed by atoms with Gasteiger partial charge in [0.15, 0.2) is 6.61 Å². The first-order chi connectivity index (χ1) is 13.5. The molecule has 0 bridgehead atoms. The van der Waals surface area contributed by atoms with Gasteiger partial charge in [0, 0.05) is 0 Å². The van der Waals surface area contributed by atoms with Gasteiger partial charge < -0.3 is 4.74 Å². The van der Waals surface area contributed by atoms with Crippen molar-refractivity contribution in [1.29, 1.82) is 0 Å². The number of nitrogens with one attached hydrogen (secondary N) is 2. The molecule has 0 spiro atoms. The summed E-state index contributed by atoms with van der Waals surface area (Å²) in [7, 11) is 0. The molecule has 0 fully saturated rings. The van der Waals surface area contributed by atoms with Crippen molar-refractivity contribution in [2.24, 2.45) is 0 Å². The van der Waals surface area contributed by atoms with Crippen LogP contribution in [0.4, 0.5) is 0 Å². The van der Waals surface area contributed by atoms with E-state index in [9.17, 15) is 9.59 Å². The predicted molar refractivity (Wildman–Crippen MR) is 105 cm³/mol. The summed E-state index contributed by atoms with van der Waals surface area (Å²) in [6.45, 7) is 5.44. The predicted octanol–water partition coefficient (Wildman–Crippen LogP) is 2.64. The number of benzene rings is 2. The zero-order valence-electron chi connectivity index (χ0n) is 16.0. The lowest BCUT2D eigenvalue weighted by atomic mass is 10.1. The van der Waals surface area contributed by atoms with Crippen molar-refractivity contribution >= 4 is 11.8 Å². The number of para-hydroxylation sites is 1. The first-order valence-electron chi connectivity index (χ1n) is 8.85. The summed E-state index contributed by atoms with van der Waals surface area (Å²) < 4.78 is 7.19. The number of hydrazine groups is 1. The largest absolute Gasteiger partial charge is 0.483 e. The Morgan fingerprint density at radius 1 is 1.04 bits per heavy atom. The van der Waals surface area contributed by atoms with Crippen LogP contribution in [0, 0.1) is 20.8 Å². The van der Waals surface area contributed by atoms with Crippen molar-refractivity contribution in [3.8, 4) is 11.4 Å². The van der Waals surface area contributed by atoms with Crippen LogP contribution in [0.2, 0.25) is 0 Å². The number of carbonyl (C=O) groups is 2. The summed E-state index contributed by atoms with van der Waals surface area (Å²) in [5.74, 6) is -0.261. The van der Waals surface area contributed by atoms with E-state index < -0.39 is 11.8 Å². The van der Waals surface area contributed by atoms with Crippen molar-refractivity contribution in [3.63, 3.8) is 0 Å². The van der Waals surface area contributed by atoms with E-state index in [4.69, 9.17) is 4.74 Å². The van der Waals surface area contributed by atoms with E-state index in [2.05, 4.69) is 16.0 Å². The van der Waals surface area contributed by atoms with Gasteiger partial charge in [0.25, 0.3) is 11.8 Å². The fourth-order valence-corrected chi connectivity index (χ4v) is 2.70. The van der Waals surface area contributed by atoms with Crippen molar-refractivity contribution in [2.45, 2.75) is 20.8 Å². The summed E-state index contributed by atoms with van der Waals surface area (Å²) in [6.07, 6.45) is 1.47. The molecule has 2 aromatic carbocycles. The van der Waals surface area contributed by atoms with Gasteiger partial charge >= 0.3 is 0 Å². The Hall–Kier alpha value is -3.61. The van der Waals surface area contributed by atoms with Gasteiger partial charge in [-0.2, -0.15) is 5.10 Å². The van der Waals surface area contributed by atoms with Crippen LogP contribution in [0.1, 0.15) is 27.2 Å². The Bertz CT molecular complexity index is 996. The number of amides is 2. The number of aromatic nitrogens is 2. The van der Waals surface area contributed by atoms with Gasteiger partial charge in [0.05, 0.1) is 23.1 Å². The standard InChI is InChI=1S/C21H22N4O3/c1-14-9-10-15(2)19(11-14)28-13-20(26)23-24-21(27)18-12-22-25(16(18)3)17-7-5-4-6-8-17/h4-12H,13H2,1-3H3,(H,23,26)(H,24,27). The maximum Gasteiger partial charge on any atom is 0.276 e. The van der Waals surface area contributed by atoms with Gasteiger partial charge in [-0.3, -0.25) is 20.4 Å². The van der Waals surface area contributed by atoms with E-state index in [1.165, 1.54) is 6.20 Å². The zero-order valence-corrected chi connectivity index (χ0v) is 16.0. The Morgan fingerprint density at radius 3 is 2.54 bits per heavy atom. The number of rotatable bonds is 5. The summed E-state index contributed by atoms with van der Waals surface area (Å²) in [6, 6.07) is 15.3. The van der Waals surface area contributed by atoms with Gasteiger partial charge in [-0.05, 0) is 50.1 Å². The summed E-state index contributed by atoms with van der Waals surface area (Å²) >= 11 is 0. The number of ether oxygens (including phenoxy) is 1. The van der Waals surface area contributed by atoms with Crippen molar-refractivity contribution in [3.05, 3.63) is 77.1 Å². The first kappa shape index (κ1) is 19.2. The van der Waals surface area contributed by atoms with E-state index in [0.29, 0.717) is 17.0 Å². The lowest BCUT2D eigenvalue weighted by Crippen LogP contribution is -2.44. The number of carbonyl (C=O) groups excluding carboxylic acids is 2.